The van der Waals surface area contributed by atoms with Gasteiger partial charge in [-0.3, -0.25) is 4.79 Å². The molecule has 0 aliphatic carbocycles. The zero-order valence-corrected chi connectivity index (χ0v) is 11.6. The first-order valence-electron chi connectivity index (χ1n) is 6.97. The number of quaternary nitrogens is 1. The van der Waals surface area contributed by atoms with Crippen LogP contribution >= 0.6 is 0 Å². The van der Waals surface area contributed by atoms with Gasteiger partial charge in [0, 0.05) is 0 Å². The van der Waals surface area contributed by atoms with E-state index in [1.165, 1.54) is 10.5 Å². The number of amides is 1. The minimum Gasteiger partial charge on any atom is -0.370 e. The van der Waals surface area contributed by atoms with E-state index < -0.39 is 0 Å². The van der Waals surface area contributed by atoms with Crippen LogP contribution in [0.2, 0.25) is 0 Å². The first-order valence-corrected chi connectivity index (χ1v) is 6.97. The van der Waals surface area contributed by atoms with E-state index in [4.69, 9.17) is 4.74 Å². The molecule has 0 unspecified atom stereocenters. The molecule has 2 N–H and O–H groups in total. The molecule has 4 heteroatoms. The van der Waals surface area contributed by atoms with Crippen LogP contribution in [0.1, 0.15) is 11.1 Å². The second kappa shape index (κ2) is 7.26. The molecule has 1 heterocycles. The van der Waals surface area contributed by atoms with Crippen LogP contribution in [0.3, 0.4) is 0 Å². The molecule has 1 aromatic rings. The fourth-order valence-corrected chi connectivity index (χ4v) is 2.36. The summed E-state index contributed by atoms with van der Waals surface area (Å²) in [5.74, 6) is 0.109. The van der Waals surface area contributed by atoms with Crippen LogP contribution in [0, 0.1) is 6.92 Å². The van der Waals surface area contributed by atoms with Crippen molar-refractivity contribution in [3.05, 3.63) is 35.4 Å². The number of nitrogens with one attached hydrogen (secondary N) is 2. The van der Waals surface area contributed by atoms with Crippen LogP contribution in [0.5, 0.6) is 0 Å². The van der Waals surface area contributed by atoms with Crippen molar-refractivity contribution in [2.45, 2.75) is 13.3 Å². The maximum absolute atomic E-state index is 11.8. The minimum atomic E-state index is 0.109. The summed E-state index contributed by atoms with van der Waals surface area (Å²) >= 11 is 0. The summed E-state index contributed by atoms with van der Waals surface area (Å²) < 4.78 is 5.31. The summed E-state index contributed by atoms with van der Waals surface area (Å²) in [5.41, 5.74) is 2.28. The van der Waals surface area contributed by atoms with Crippen LogP contribution in [0.4, 0.5) is 0 Å². The van der Waals surface area contributed by atoms with Crippen molar-refractivity contribution in [2.24, 2.45) is 0 Å². The number of hydrogen-bond donors (Lipinski definition) is 2. The molecule has 0 spiro atoms. The van der Waals surface area contributed by atoms with Gasteiger partial charge in [0.05, 0.1) is 32.7 Å². The van der Waals surface area contributed by atoms with Crippen LogP contribution in [0.25, 0.3) is 0 Å². The van der Waals surface area contributed by atoms with E-state index in [1.807, 2.05) is 25.1 Å². The van der Waals surface area contributed by atoms with Crippen molar-refractivity contribution in [2.75, 3.05) is 39.4 Å². The molecule has 0 saturated carbocycles. The first kappa shape index (κ1) is 14.0. The van der Waals surface area contributed by atoms with Gasteiger partial charge in [-0.2, -0.15) is 0 Å². The molecule has 1 aromatic carbocycles. The van der Waals surface area contributed by atoms with Crippen molar-refractivity contribution in [3.8, 4) is 0 Å². The largest absolute Gasteiger partial charge is 0.370 e. The van der Waals surface area contributed by atoms with Gasteiger partial charge < -0.3 is 15.0 Å². The molecule has 2 rings (SSSR count). The maximum atomic E-state index is 11.8. The highest BCUT2D eigenvalue weighted by Gasteiger charge is 2.13. The van der Waals surface area contributed by atoms with E-state index in [0.717, 1.165) is 45.0 Å². The number of carbonyl (C=O) groups excluding carboxylic acids is 1. The Morgan fingerprint density at radius 1 is 1.37 bits per heavy atom. The van der Waals surface area contributed by atoms with Gasteiger partial charge in [-0.05, 0) is 12.5 Å². The van der Waals surface area contributed by atoms with Gasteiger partial charge in [0.1, 0.15) is 13.1 Å². The lowest BCUT2D eigenvalue weighted by molar-refractivity contribution is -0.906. The van der Waals surface area contributed by atoms with Crippen LogP contribution in [-0.4, -0.2) is 45.3 Å². The smallest absolute Gasteiger partial charge is 0.224 e. The second-order valence-corrected chi connectivity index (χ2v) is 5.13. The van der Waals surface area contributed by atoms with Crippen molar-refractivity contribution in [3.63, 3.8) is 0 Å². The third kappa shape index (κ3) is 5.01. The van der Waals surface area contributed by atoms with E-state index in [-0.39, 0.29) is 5.91 Å². The molecule has 1 aliphatic rings. The third-order valence-corrected chi connectivity index (χ3v) is 3.45. The number of hydrogen-bond acceptors (Lipinski definition) is 2. The number of benzene rings is 1. The molecule has 0 bridgehead atoms. The lowest BCUT2D eigenvalue weighted by Crippen LogP contribution is -3.14. The topological polar surface area (TPSA) is 42.8 Å². The number of carbonyl (C=O) groups is 1. The molecular formula is C15H23N2O2+. The molecule has 0 aromatic heterocycles. The van der Waals surface area contributed by atoms with Gasteiger partial charge in [-0.15, -0.1) is 0 Å². The van der Waals surface area contributed by atoms with Crippen LogP contribution in [-0.2, 0) is 16.0 Å². The highest BCUT2D eigenvalue weighted by Crippen LogP contribution is 2.04. The summed E-state index contributed by atoms with van der Waals surface area (Å²) in [6.45, 7) is 7.56. The predicted octanol–water partition coefficient (Wildman–Crippen LogP) is -0.431. The van der Waals surface area contributed by atoms with E-state index >= 15 is 0 Å². The van der Waals surface area contributed by atoms with Crippen molar-refractivity contribution in [1.29, 1.82) is 0 Å². The fourth-order valence-electron chi connectivity index (χ4n) is 2.36. The molecule has 1 aliphatic heterocycles. The minimum absolute atomic E-state index is 0.109. The maximum Gasteiger partial charge on any atom is 0.224 e. The summed E-state index contributed by atoms with van der Waals surface area (Å²) in [5, 5.41) is 3.00. The second-order valence-electron chi connectivity index (χ2n) is 5.13. The SMILES string of the molecule is Cc1cccc(CC(=O)NCC[NH+]2CCOCC2)c1. The van der Waals surface area contributed by atoms with E-state index in [2.05, 4.69) is 11.4 Å². The molecule has 0 radical (unpaired) electrons. The zero-order valence-electron chi connectivity index (χ0n) is 11.6. The van der Waals surface area contributed by atoms with E-state index in [9.17, 15) is 4.79 Å². The summed E-state index contributed by atoms with van der Waals surface area (Å²) in [6, 6.07) is 8.10. The van der Waals surface area contributed by atoms with Crippen molar-refractivity contribution < 1.29 is 14.4 Å². The Bertz CT molecular complexity index is 414. The molecule has 1 saturated heterocycles. The summed E-state index contributed by atoms with van der Waals surface area (Å²) in [6.07, 6.45) is 0.472. The number of aryl methyl sites for hydroxylation is 1. The Labute approximate surface area is 114 Å². The molecule has 104 valence electrons. The average Bonchev–Trinajstić information content (AvgIpc) is 2.40. The van der Waals surface area contributed by atoms with E-state index in [0.29, 0.717) is 6.42 Å². The number of rotatable bonds is 5. The highest BCUT2D eigenvalue weighted by molar-refractivity contribution is 5.78. The van der Waals surface area contributed by atoms with Crippen LogP contribution < -0.4 is 10.2 Å². The monoisotopic (exact) mass is 263 g/mol. The van der Waals surface area contributed by atoms with Crippen molar-refractivity contribution in [1.82, 2.24) is 5.32 Å². The van der Waals surface area contributed by atoms with Gasteiger partial charge >= 0.3 is 0 Å². The molecule has 4 nitrogen and oxygen atoms in total. The van der Waals surface area contributed by atoms with Gasteiger partial charge in [0.15, 0.2) is 0 Å². The highest BCUT2D eigenvalue weighted by atomic mass is 16.5. The molecular weight excluding hydrogens is 240 g/mol. The zero-order chi connectivity index (χ0) is 13.5. The molecule has 19 heavy (non-hydrogen) atoms. The standard InChI is InChI=1S/C15H22N2O2/c1-13-3-2-4-14(11-13)12-15(18)16-5-6-17-7-9-19-10-8-17/h2-4,11H,5-10,12H2,1H3,(H,16,18)/p+1. The molecule has 0 atom stereocenters. The van der Waals surface area contributed by atoms with Crippen molar-refractivity contribution >= 4 is 5.91 Å². The first-order chi connectivity index (χ1) is 9.24. The normalized spacial score (nSPS) is 16.3. The van der Waals surface area contributed by atoms with Gasteiger partial charge in [-0.25, -0.2) is 0 Å². The van der Waals surface area contributed by atoms with Gasteiger partial charge in [0.2, 0.25) is 5.91 Å². The third-order valence-electron chi connectivity index (χ3n) is 3.45. The lowest BCUT2D eigenvalue weighted by atomic mass is 10.1. The Morgan fingerprint density at radius 3 is 2.89 bits per heavy atom. The van der Waals surface area contributed by atoms with E-state index in [1.54, 1.807) is 0 Å². The Morgan fingerprint density at radius 2 is 2.16 bits per heavy atom. The van der Waals surface area contributed by atoms with Gasteiger partial charge in [0.25, 0.3) is 0 Å². The number of morpholine rings is 1. The van der Waals surface area contributed by atoms with Gasteiger partial charge in [-0.1, -0.05) is 29.8 Å². The summed E-state index contributed by atoms with van der Waals surface area (Å²) in [4.78, 5) is 13.3. The quantitative estimate of drug-likeness (QED) is 0.757. The lowest BCUT2D eigenvalue weighted by Gasteiger charge is -2.23. The Kier molecular flexibility index (Phi) is 5.36. The Balaban J connectivity index is 1.67. The predicted molar refractivity (Wildman–Crippen MR) is 74.3 cm³/mol. The average molecular weight is 263 g/mol. The fraction of sp³-hybridized carbons (Fsp3) is 0.533. The molecule has 1 fully saturated rings. The Hall–Kier alpha value is -1.39. The molecule has 1 amide bonds. The summed E-state index contributed by atoms with van der Waals surface area (Å²) in [7, 11) is 0. The van der Waals surface area contributed by atoms with Crippen LogP contribution in [0.15, 0.2) is 24.3 Å². The number of ether oxygens (including phenoxy) is 1.